The number of nitrogens with zero attached hydrogens (tertiary/aromatic N) is 2. The van der Waals surface area contributed by atoms with Crippen LogP contribution in [0.25, 0.3) is 10.9 Å². The molecule has 0 radical (unpaired) electrons. The number of fused-ring (bicyclic) bond motifs is 1. The molecule has 0 bridgehead atoms. The fourth-order valence-electron chi connectivity index (χ4n) is 3.21. The number of halogens is 3. The number of guanidine groups is 1. The summed E-state index contributed by atoms with van der Waals surface area (Å²) < 4.78 is 52.0. The van der Waals surface area contributed by atoms with Crippen molar-refractivity contribution < 1.29 is 27.1 Å². The lowest BCUT2D eigenvalue weighted by molar-refractivity contribution is -0.136. The summed E-state index contributed by atoms with van der Waals surface area (Å²) in [7, 11) is 1.25. The van der Waals surface area contributed by atoms with Crippen LogP contribution in [-0.4, -0.2) is 46.8 Å². The van der Waals surface area contributed by atoms with E-state index >= 15 is 0 Å². The number of H-pyrrole nitrogens is 1. The van der Waals surface area contributed by atoms with Crippen LogP contribution in [0.1, 0.15) is 35.7 Å². The van der Waals surface area contributed by atoms with Gasteiger partial charge >= 0.3 is 6.18 Å². The maximum absolute atomic E-state index is 13.5. The number of hydrogen-bond donors (Lipinski definition) is 3. The van der Waals surface area contributed by atoms with E-state index in [0.717, 1.165) is 36.2 Å². The van der Waals surface area contributed by atoms with E-state index in [2.05, 4.69) is 9.88 Å². The molecule has 3 rings (SSSR count). The third-order valence-corrected chi connectivity index (χ3v) is 5.08. The zero-order valence-corrected chi connectivity index (χ0v) is 17.8. The van der Waals surface area contributed by atoms with E-state index < -0.39 is 23.6 Å². The fourth-order valence-corrected chi connectivity index (χ4v) is 3.21. The maximum atomic E-state index is 13.5. The Hall–Kier alpha value is -3.47. The van der Waals surface area contributed by atoms with Crippen molar-refractivity contribution in [2.24, 2.45) is 5.73 Å². The highest BCUT2D eigenvalue weighted by Gasteiger charge is 2.34. The number of ether oxygens (including phenoxy) is 1. The van der Waals surface area contributed by atoms with Crippen molar-refractivity contribution in [3.8, 4) is 11.7 Å². The fraction of sp³-hybridized carbons (Fsp3) is 0.333. The Labute approximate surface area is 182 Å². The zero-order valence-electron chi connectivity index (χ0n) is 17.8. The molecule has 0 fully saturated rings. The molecule has 172 valence electrons. The second-order valence-corrected chi connectivity index (χ2v) is 7.11. The average Bonchev–Trinajstić information content (AvgIpc) is 3.37. The van der Waals surface area contributed by atoms with Crippen LogP contribution in [0.5, 0.6) is 11.7 Å². The van der Waals surface area contributed by atoms with Gasteiger partial charge in [0.05, 0.1) is 17.6 Å². The quantitative estimate of drug-likeness (QED) is 0.365. The summed E-state index contributed by atoms with van der Waals surface area (Å²) in [6.07, 6.45) is -4.65. The first kappa shape index (κ1) is 23.2. The van der Waals surface area contributed by atoms with E-state index in [4.69, 9.17) is 20.3 Å². The second-order valence-electron chi connectivity index (χ2n) is 7.11. The highest BCUT2D eigenvalue weighted by atomic mass is 19.4. The van der Waals surface area contributed by atoms with E-state index in [0.29, 0.717) is 12.3 Å². The molecule has 8 nitrogen and oxygen atoms in total. The number of nitrogens with two attached hydrogens (primary N) is 1. The molecule has 32 heavy (non-hydrogen) atoms. The smallest absolute Gasteiger partial charge is 0.417 e. The van der Waals surface area contributed by atoms with Crippen LogP contribution in [0.4, 0.5) is 13.2 Å². The van der Waals surface area contributed by atoms with Gasteiger partial charge in [0.15, 0.2) is 11.7 Å². The molecule has 1 aromatic carbocycles. The third-order valence-electron chi connectivity index (χ3n) is 5.08. The van der Waals surface area contributed by atoms with E-state index in [1.807, 2.05) is 13.8 Å². The summed E-state index contributed by atoms with van der Waals surface area (Å²) in [6.45, 7) is 6.28. The van der Waals surface area contributed by atoms with Crippen LogP contribution in [0, 0.1) is 5.41 Å². The molecule has 0 atom stereocenters. The van der Waals surface area contributed by atoms with Crippen LogP contribution in [-0.2, 0) is 12.7 Å². The summed E-state index contributed by atoms with van der Waals surface area (Å²) in [6, 6.07) is 6.44. The van der Waals surface area contributed by atoms with Gasteiger partial charge in [0.25, 0.3) is 11.9 Å². The van der Waals surface area contributed by atoms with E-state index in [1.54, 1.807) is 12.1 Å². The van der Waals surface area contributed by atoms with Crippen molar-refractivity contribution in [1.82, 2.24) is 14.8 Å². The molecule has 0 saturated carbocycles. The highest BCUT2D eigenvalue weighted by Crippen LogP contribution is 2.40. The number of carbonyl (C=O) groups is 1. The molecular weight excluding hydrogens is 427 g/mol. The Morgan fingerprint density at radius 1 is 1.22 bits per heavy atom. The third kappa shape index (κ3) is 4.72. The number of hydrogen-bond acceptors (Lipinski definition) is 5. The van der Waals surface area contributed by atoms with Gasteiger partial charge < -0.3 is 19.9 Å². The largest absolute Gasteiger partial charge is 0.429 e. The molecule has 2 aromatic heterocycles. The molecule has 0 saturated heterocycles. The summed E-state index contributed by atoms with van der Waals surface area (Å²) in [5.41, 5.74) is 4.19. The normalized spacial score (nSPS) is 11.8. The first-order valence-electron chi connectivity index (χ1n) is 9.89. The summed E-state index contributed by atoms with van der Waals surface area (Å²) >= 11 is 0. The molecule has 0 unspecified atom stereocenters. The molecule has 3 aromatic rings. The molecular formula is C21H24F3N5O3. The lowest BCUT2D eigenvalue weighted by Gasteiger charge is -2.15. The Morgan fingerprint density at radius 3 is 2.50 bits per heavy atom. The predicted octanol–water partition coefficient (Wildman–Crippen LogP) is 4.38. The van der Waals surface area contributed by atoms with Crippen LogP contribution in [0.2, 0.25) is 0 Å². The Balaban J connectivity index is 2.00. The first-order chi connectivity index (χ1) is 15.0. The van der Waals surface area contributed by atoms with Crippen LogP contribution < -0.4 is 10.5 Å². The van der Waals surface area contributed by atoms with Gasteiger partial charge in [-0.2, -0.15) is 13.2 Å². The minimum absolute atomic E-state index is 0.0261. The Kier molecular flexibility index (Phi) is 6.49. The van der Waals surface area contributed by atoms with Crippen LogP contribution >= 0.6 is 0 Å². The van der Waals surface area contributed by atoms with Crippen molar-refractivity contribution in [1.29, 1.82) is 5.41 Å². The number of alkyl halides is 3. The topological polar surface area (TPSA) is 112 Å². The van der Waals surface area contributed by atoms with Gasteiger partial charge in [-0.15, -0.1) is 0 Å². The number of amides is 1. The lowest BCUT2D eigenvalue weighted by Crippen LogP contribution is -2.38. The standard InChI is InChI=1S/C21H24F3N5O3/c1-4-29(5-2)11-12-6-9-17(31-12)32-16-8-7-14(21(22,23)24)13-10-15(27-18(13)16)19(30)28(3)20(25)26/h6-10,27H,4-5,11H2,1-3H3,(H3,25,26). The van der Waals surface area contributed by atoms with Gasteiger partial charge in [0.1, 0.15) is 11.5 Å². The van der Waals surface area contributed by atoms with Gasteiger partial charge in [-0.1, -0.05) is 13.8 Å². The van der Waals surface area contributed by atoms with Crippen molar-refractivity contribution >= 4 is 22.8 Å². The van der Waals surface area contributed by atoms with E-state index in [1.165, 1.54) is 7.05 Å². The lowest BCUT2D eigenvalue weighted by atomic mass is 10.1. The van der Waals surface area contributed by atoms with Gasteiger partial charge in [-0.05, 0) is 37.4 Å². The van der Waals surface area contributed by atoms with Crippen LogP contribution in [0.15, 0.2) is 34.7 Å². The van der Waals surface area contributed by atoms with Crippen LogP contribution in [0.3, 0.4) is 0 Å². The van der Waals surface area contributed by atoms with Crippen molar-refractivity contribution in [3.05, 3.63) is 47.3 Å². The summed E-state index contributed by atoms with van der Waals surface area (Å²) in [4.78, 5) is 18.1. The number of nitrogens with one attached hydrogen (secondary N) is 2. The van der Waals surface area contributed by atoms with E-state index in [-0.39, 0.29) is 28.3 Å². The number of benzene rings is 1. The monoisotopic (exact) mass is 451 g/mol. The number of aromatic amines is 1. The Bertz CT molecular complexity index is 1130. The van der Waals surface area contributed by atoms with Gasteiger partial charge in [-0.25, -0.2) is 0 Å². The minimum atomic E-state index is -4.65. The molecule has 4 N–H and O–H groups in total. The SMILES string of the molecule is CCN(CC)Cc1ccc(Oc2ccc(C(F)(F)F)c3cc(C(=O)N(C)C(=N)N)[nH]c23)o1. The molecule has 0 aliphatic rings. The van der Waals surface area contributed by atoms with Gasteiger partial charge in [-0.3, -0.25) is 20.0 Å². The maximum Gasteiger partial charge on any atom is 0.417 e. The van der Waals surface area contributed by atoms with Crippen molar-refractivity contribution in [2.45, 2.75) is 26.6 Å². The molecule has 0 aliphatic carbocycles. The first-order valence-corrected chi connectivity index (χ1v) is 9.89. The average molecular weight is 451 g/mol. The van der Waals surface area contributed by atoms with E-state index in [9.17, 15) is 18.0 Å². The number of aromatic nitrogens is 1. The molecule has 11 heteroatoms. The number of furan rings is 1. The molecule has 0 aliphatic heterocycles. The van der Waals surface area contributed by atoms with Gasteiger partial charge in [0, 0.05) is 18.5 Å². The summed E-state index contributed by atoms with van der Waals surface area (Å²) in [5.74, 6) is -0.486. The number of carbonyl (C=O) groups excluding carboxylic acids is 1. The molecule has 2 heterocycles. The summed E-state index contributed by atoms with van der Waals surface area (Å²) in [5, 5.41) is 7.13. The minimum Gasteiger partial charge on any atom is -0.429 e. The highest BCUT2D eigenvalue weighted by molar-refractivity contribution is 6.06. The van der Waals surface area contributed by atoms with Gasteiger partial charge in [0.2, 0.25) is 0 Å². The zero-order chi connectivity index (χ0) is 23.6. The number of rotatable bonds is 7. The van der Waals surface area contributed by atoms with Crippen molar-refractivity contribution in [3.63, 3.8) is 0 Å². The Morgan fingerprint density at radius 2 is 1.91 bits per heavy atom. The molecule has 0 spiro atoms. The van der Waals surface area contributed by atoms with Crippen molar-refractivity contribution in [2.75, 3.05) is 20.1 Å². The predicted molar refractivity (Wildman–Crippen MR) is 113 cm³/mol. The molecule has 1 amide bonds. The second kappa shape index (κ2) is 8.95.